The van der Waals surface area contributed by atoms with Gasteiger partial charge in [-0.15, -0.1) is 0 Å². The van der Waals surface area contributed by atoms with Gasteiger partial charge in [-0.05, 0) is 18.4 Å². The van der Waals surface area contributed by atoms with Crippen LogP contribution in [0.25, 0.3) is 0 Å². The van der Waals surface area contributed by atoms with Crippen molar-refractivity contribution in [2.24, 2.45) is 0 Å². The predicted molar refractivity (Wildman–Crippen MR) is 97.2 cm³/mol. The van der Waals surface area contributed by atoms with Crippen LogP contribution < -0.4 is 10.6 Å². The van der Waals surface area contributed by atoms with E-state index in [0.29, 0.717) is 19.5 Å². The molecule has 0 saturated carbocycles. The number of rotatable bonds is 6. The first-order chi connectivity index (χ1) is 12.2. The lowest BCUT2D eigenvalue weighted by Gasteiger charge is -2.28. The topological polar surface area (TPSA) is 64.7 Å². The number of piperazine rings is 1. The normalized spacial score (nSPS) is 21.3. The van der Waals surface area contributed by atoms with Gasteiger partial charge in [0.15, 0.2) is 0 Å². The molecule has 0 spiro atoms. The molecule has 6 heteroatoms. The Morgan fingerprint density at radius 2 is 1.88 bits per heavy atom. The number of hydrogen-bond donors (Lipinski definition) is 2. The summed E-state index contributed by atoms with van der Waals surface area (Å²) in [5.74, 6) is 0.0417. The molecule has 136 valence electrons. The van der Waals surface area contributed by atoms with E-state index < -0.39 is 0 Å². The van der Waals surface area contributed by atoms with E-state index >= 15 is 0 Å². The highest BCUT2D eigenvalue weighted by molar-refractivity contribution is 5.89. The second-order valence-corrected chi connectivity index (χ2v) is 6.79. The van der Waals surface area contributed by atoms with E-state index in [9.17, 15) is 9.59 Å². The summed E-state index contributed by atoms with van der Waals surface area (Å²) in [6, 6.07) is 9.42. The molecule has 1 aromatic carbocycles. The molecule has 2 heterocycles. The van der Waals surface area contributed by atoms with Gasteiger partial charge in [-0.1, -0.05) is 30.3 Å². The molecule has 0 radical (unpaired) electrons. The van der Waals surface area contributed by atoms with Crippen LogP contribution in [0.1, 0.15) is 18.4 Å². The Balaban J connectivity index is 1.46. The Morgan fingerprint density at radius 1 is 1.12 bits per heavy atom. The highest BCUT2D eigenvalue weighted by Gasteiger charge is 2.33. The lowest BCUT2D eigenvalue weighted by molar-refractivity contribution is -0.138. The van der Waals surface area contributed by atoms with Gasteiger partial charge in [0, 0.05) is 45.8 Å². The third kappa shape index (κ3) is 5.03. The zero-order chi connectivity index (χ0) is 17.5. The van der Waals surface area contributed by atoms with Crippen LogP contribution in [0.3, 0.4) is 0 Å². The summed E-state index contributed by atoms with van der Waals surface area (Å²) in [6.07, 6.45) is 2.03. The second kappa shape index (κ2) is 8.97. The van der Waals surface area contributed by atoms with Gasteiger partial charge in [0.1, 0.15) is 6.04 Å². The quantitative estimate of drug-likeness (QED) is 0.776. The van der Waals surface area contributed by atoms with Gasteiger partial charge in [-0.2, -0.15) is 0 Å². The van der Waals surface area contributed by atoms with Crippen molar-refractivity contribution < 1.29 is 9.59 Å². The van der Waals surface area contributed by atoms with E-state index in [4.69, 9.17) is 0 Å². The van der Waals surface area contributed by atoms with Gasteiger partial charge < -0.3 is 15.5 Å². The Morgan fingerprint density at radius 3 is 2.64 bits per heavy atom. The van der Waals surface area contributed by atoms with Crippen molar-refractivity contribution in [2.45, 2.75) is 25.3 Å². The Kier molecular flexibility index (Phi) is 6.42. The van der Waals surface area contributed by atoms with Crippen LogP contribution in [0.15, 0.2) is 30.3 Å². The van der Waals surface area contributed by atoms with Crippen LogP contribution in [0.5, 0.6) is 0 Å². The maximum atomic E-state index is 12.6. The minimum atomic E-state index is -0.306. The smallest absolute Gasteiger partial charge is 0.242 e. The molecule has 0 bridgehead atoms. The molecule has 2 fully saturated rings. The maximum Gasteiger partial charge on any atom is 0.242 e. The van der Waals surface area contributed by atoms with E-state index in [1.807, 2.05) is 30.3 Å². The lowest BCUT2D eigenvalue weighted by Crippen LogP contribution is -2.49. The zero-order valence-corrected chi connectivity index (χ0v) is 14.7. The number of nitrogens with one attached hydrogen (secondary N) is 2. The molecule has 2 saturated heterocycles. The summed E-state index contributed by atoms with van der Waals surface area (Å²) in [5.41, 5.74) is 0.997. The van der Waals surface area contributed by atoms with Gasteiger partial charge in [0.05, 0.1) is 6.42 Å². The molecule has 0 aliphatic carbocycles. The highest BCUT2D eigenvalue weighted by atomic mass is 16.2. The third-order valence-electron chi connectivity index (χ3n) is 5.01. The summed E-state index contributed by atoms with van der Waals surface area (Å²) in [6.45, 7) is 6.29. The molecule has 3 rings (SSSR count). The minimum absolute atomic E-state index is 0.00551. The predicted octanol–water partition coefficient (Wildman–Crippen LogP) is 0.242. The standard InChI is InChI=1S/C19H28N4O2/c24-18(15-16-5-2-1-3-6-16)23-11-4-7-17(23)19(25)21-10-14-22-12-8-20-9-13-22/h1-3,5-6,17,20H,4,7-15H2,(H,21,25). The van der Waals surface area contributed by atoms with E-state index in [2.05, 4.69) is 15.5 Å². The molecule has 1 unspecified atom stereocenters. The van der Waals surface area contributed by atoms with Gasteiger partial charge in [-0.3, -0.25) is 14.5 Å². The van der Waals surface area contributed by atoms with Crippen LogP contribution in [-0.4, -0.2) is 73.5 Å². The van der Waals surface area contributed by atoms with Crippen molar-refractivity contribution in [3.05, 3.63) is 35.9 Å². The van der Waals surface area contributed by atoms with E-state index in [1.165, 1.54) is 0 Å². The summed E-state index contributed by atoms with van der Waals surface area (Å²) >= 11 is 0. The molecular formula is C19H28N4O2. The highest BCUT2D eigenvalue weighted by Crippen LogP contribution is 2.19. The van der Waals surface area contributed by atoms with Crippen LogP contribution in [-0.2, 0) is 16.0 Å². The average Bonchev–Trinajstić information content (AvgIpc) is 3.13. The van der Waals surface area contributed by atoms with E-state index in [0.717, 1.165) is 51.1 Å². The molecule has 2 aliphatic heterocycles. The fraction of sp³-hybridized carbons (Fsp3) is 0.579. The number of carbonyl (C=O) groups is 2. The Labute approximate surface area is 149 Å². The summed E-state index contributed by atoms with van der Waals surface area (Å²) in [5, 5.41) is 6.35. The molecule has 25 heavy (non-hydrogen) atoms. The lowest BCUT2D eigenvalue weighted by atomic mass is 10.1. The zero-order valence-electron chi connectivity index (χ0n) is 14.7. The number of likely N-dealkylation sites (tertiary alicyclic amines) is 1. The number of carbonyl (C=O) groups excluding carboxylic acids is 2. The van der Waals surface area contributed by atoms with Crippen molar-refractivity contribution in [3.8, 4) is 0 Å². The molecule has 2 amide bonds. The SMILES string of the molecule is O=C(NCCN1CCNCC1)C1CCCN1C(=O)Cc1ccccc1. The molecule has 6 nitrogen and oxygen atoms in total. The van der Waals surface area contributed by atoms with Crippen LogP contribution >= 0.6 is 0 Å². The van der Waals surface area contributed by atoms with Crippen molar-refractivity contribution in [1.29, 1.82) is 0 Å². The molecule has 1 aromatic rings. The first kappa shape index (κ1) is 17.9. The van der Waals surface area contributed by atoms with E-state index in [1.54, 1.807) is 4.90 Å². The third-order valence-corrected chi connectivity index (χ3v) is 5.01. The Hall–Kier alpha value is -1.92. The number of nitrogens with zero attached hydrogens (tertiary/aromatic N) is 2. The fourth-order valence-corrected chi connectivity index (χ4v) is 3.60. The maximum absolute atomic E-state index is 12.6. The first-order valence-electron chi connectivity index (χ1n) is 9.28. The first-order valence-corrected chi connectivity index (χ1v) is 9.28. The van der Waals surface area contributed by atoms with Crippen LogP contribution in [0.4, 0.5) is 0 Å². The monoisotopic (exact) mass is 344 g/mol. The number of hydrogen-bond acceptors (Lipinski definition) is 4. The summed E-state index contributed by atoms with van der Waals surface area (Å²) in [4.78, 5) is 29.2. The molecular weight excluding hydrogens is 316 g/mol. The van der Waals surface area contributed by atoms with Gasteiger partial charge in [-0.25, -0.2) is 0 Å². The van der Waals surface area contributed by atoms with Crippen molar-refractivity contribution >= 4 is 11.8 Å². The number of benzene rings is 1. The molecule has 0 aromatic heterocycles. The average molecular weight is 344 g/mol. The van der Waals surface area contributed by atoms with Crippen molar-refractivity contribution in [2.75, 3.05) is 45.8 Å². The second-order valence-electron chi connectivity index (χ2n) is 6.79. The van der Waals surface area contributed by atoms with Crippen molar-refractivity contribution in [3.63, 3.8) is 0 Å². The minimum Gasteiger partial charge on any atom is -0.353 e. The largest absolute Gasteiger partial charge is 0.353 e. The number of amides is 2. The van der Waals surface area contributed by atoms with Gasteiger partial charge >= 0.3 is 0 Å². The summed E-state index contributed by atoms with van der Waals surface area (Å²) < 4.78 is 0. The molecule has 1 atom stereocenters. The summed E-state index contributed by atoms with van der Waals surface area (Å²) in [7, 11) is 0. The molecule has 2 N–H and O–H groups in total. The van der Waals surface area contributed by atoms with Gasteiger partial charge in [0.25, 0.3) is 0 Å². The van der Waals surface area contributed by atoms with E-state index in [-0.39, 0.29) is 17.9 Å². The molecule has 2 aliphatic rings. The van der Waals surface area contributed by atoms with Crippen LogP contribution in [0, 0.1) is 0 Å². The van der Waals surface area contributed by atoms with Gasteiger partial charge in [0.2, 0.25) is 11.8 Å². The fourth-order valence-electron chi connectivity index (χ4n) is 3.60. The Bertz CT molecular complexity index is 572. The van der Waals surface area contributed by atoms with Crippen molar-refractivity contribution in [1.82, 2.24) is 20.4 Å². The van der Waals surface area contributed by atoms with Crippen LogP contribution in [0.2, 0.25) is 0 Å².